The molecular formula is C15H31N3. The largest absolute Gasteiger partial charge is 0.314 e. The minimum Gasteiger partial charge on any atom is -0.314 e. The molecule has 106 valence electrons. The van der Waals surface area contributed by atoms with Gasteiger partial charge in [0.25, 0.3) is 0 Å². The minimum absolute atomic E-state index is 0.716. The highest BCUT2D eigenvalue weighted by Crippen LogP contribution is 2.24. The van der Waals surface area contributed by atoms with Gasteiger partial charge in [-0.05, 0) is 39.7 Å². The van der Waals surface area contributed by atoms with E-state index in [1.807, 2.05) is 0 Å². The molecule has 3 nitrogen and oxygen atoms in total. The highest BCUT2D eigenvalue weighted by molar-refractivity contribution is 4.86. The number of hydrogen-bond donors (Lipinski definition) is 1. The molecule has 2 atom stereocenters. The van der Waals surface area contributed by atoms with Gasteiger partial charge < -0.3 is 5.32 Å². The molecule has 1 saturated carbocycles. The maximum absolute atomic E-state index is 3.64. The van der Waals surface area contributed by atoms with E-state index in [1.54, 1.807) is 0 Å². The Morgan fingerprint density at radius 2 is 1.83 bits per heavy atom. The van der Waals surface area contributed by atoms with Crippen molar-refractivity contribution in [2.24, 2.45) is 0 Å². The molecule has 0 aromatic heterocycles. The van der Waals surface area contributed by atoms with Crippen molar-refractivity contribution in [3.05, 3.63) is 0 Å². The number of nitrogens with one attached hydrogen (secondary N) is 1. The first-order valence-corrected chi connectivity index (χ1v) is 7.92. The predicted octanol–water partition coefficient (Wildman–Crippen LogP) is 1.93. The van der Waals surface area contributed by atoms with Crippen LogP contribution >= 0.6 is 0 Å². The zero-order valence-electron chi connectivity index (χ0n) is 12.5. The van der Waals surface area contributed by atoms with Crippen LogP contribution in [-0.2, 0) is 0 Å². The van der Waals surface area contributed by atoms with E-state index in [4.69, 9.17) is 0 Å². The lowest BCUT2D eigenvalue weighted by Crippen LogP contribution is -2.54. The van der Waals surface area contributed by atoms with Gasteiger partial charge in [0.1, 0.15) is 0 Å². The molecule has 0 unspecified atom stereocenters. The number of rotatable bonds is 4. The molecule has 18 heavy (non-hydrogen) atoms. The van der Waals surface area contributed by atoms with E-state index in [2.05, 4.69) is 35.9 Å². The summed E-state index contributed by atoms with van der Waals surface area (Å²) < 4.78 is 0. The van der Waals surface area contributed by atoms with Crippen LogP contribution in [-0.4, -0.2) is 60.6 Å². The van der Waals surface area contributed by atoms with Crippen LogP contribution in [0.1, 0.15) is 46.5 Å². The van der Waals surface area contributed by atoms with Crippen molar-refractivity contribution in [1.82, 2.24) is 15.1 Å². The first-order valence-electron chi connectivity index (χ1n) is 7.92. The summed E-state index contributed by atoms with van der Waals surface area (Å²) in [6, 6.07) is 2.34. The summed E-state index contributed by atoms with van der Waals surface area (Å²) in [6.07, 6.45) is 5.59. The van der Waals surface area contributed by atoms with Crippen LogP contribution < -0.4 is 5.32 Å². The first-order chi connectivity index (χ1) is 8.70. The number of hydrogen-bond acceptors (Lipinski definition) is 3. The number of nitrogens with zero attached hydrogens (tertiary/aromatic N) is 2. The van der Waals surface area contributed by atoms with Crippen molar-refractivity contribution < 1.29 is 0 Å². The van der Waals surface area contributed by atoms with E-state index in [0.717, 1.165) is 18.6 Å². The van der Waals surface area contributed by atoms with Crippen LogP contribution in [0.2, 0.25) is 0 Å². The van der Waals surface area contributed by atoms with Crippen LogP contribution in [0.5, 0.6) is 0 Å². The van der Waals surface area contributed by atoms with E-state index in [9.17, 15) is 0 Å². The molecule has 0 spiro atoms. The molecule has 0 radical (unpaired) electrons. The average Bonchev–Trinajstić information content (AvgIpc) is 2.39. The highest BCUT2D eigenvalue weighted by atomic mass is 15.3. The van der Waals surface area contributed by atoms with Crippen molar-refractivity contribution in [1.29, 1.82) is 0 Å². The molecule has 2 fully saturated rings. The third-order valence-corrected chi connectivity index (χ3v) is 4.73. The molecule has 1 N–H and O–H groups in total. The van der Waals surface area contributed by atoms with E-state index >= 15 is 0 Å². The van der Waals surface area contributed by atoms with Crippen LogP contribution in [0.25, 0.3) is 0 Å². The van der Waals surface area contributed by atoms with Gasteiger partial charge in [-0.2, -0.15) is 0 Å². The zero-order chi connectivity index (χ0) is 13.0. The summed E-state index contributed by atoms with van der Waals surface area (Å²) in [5.41, 5.74) is 0. The van der Waals surface area contributed by atoms with Crippen molar-refractivity contribution in [2.45, 2.75) is 64.6 Å². The van der Waals surface area contributed by atoms with Gasteiger partial charge in [0.2, 0.25) is 0 Å². The van der Waals surface area contributed by atoms with Crippen molar-refractivity contribution in [3.8, 4) is 0 Å². The molecule has 2 aliphatic rings. The number of piperazine rings is 1. The van der Waals surface area contributed by atoms with Crippen LogP contribution in [0.15, 0.2) is 0 Å². The van der Waals surface area contributed by atoms with Gasteiger partial charge in [-0.3, -0.25) is 9.80 Å². The highest BCUT2D eigenvalue weighted by Gasteiger charge is 2.29. The van der Waals surface area contributed by atoms with Gasteiger partial charge in [0.15, 0.2) is 0 Å². The van der Waals surface area contributed by atoms with Crippen molar-refractivity contribution >= 4 is 0 Å². The second-order valence-electron chi connectivity index (χ2n) is 6.24. The predicted molar refractivity (Wildman–Crippen MR) is 78.0 cm³/mol. The maximum atomic E-state index is 3.64. The fourth-order valence-corrected chi connectivity index (χ4v) is 3.59. The summed E-state index contributed by atoms with van der Waals surface area (Å²) in [5.74, 6) is 0. The van der Waals surface area contributed by atoms with Gasteiger partial charge in [0, 0.05) is 44.3 Å². The Morgan fingerprint density at radius 3 is 2.44 bits per heavy atom. The van der Waals surface area contributed by atoms with Gasteiger partial charge in [0.05, 0.1) is 0 Å². The van der Waals surface area contributed by atoms with Gasteiger partial charge in [-0.1, -0.05) is 13.3 Å². The topological polar surface area (TPSA) is 18.5 Å². The van der Waals surface area contributed by atoms with Gasteiger partial charge in [-0.15, -0.1) is 0 Å². The Kier molecular flexibility index (Phi) is 5.46. The molecule has 1 aliphatic carbocycles. The van der Waals surface area contributed by atoms with E-state index in [-0.39, 0.29) is 0 Å². The molecule has 2 rings (SSSR count). The summed E-state index contributed by atoms with van der Waals surface area (Å²) in [5, 5.41) is 3.64. The van der Waals surface area contributed by atoms with Gasteiger partial charge in [-0.25, -0.2) is 0 Å². The second kappa shape index (κ2) is 6.88. The molecule has 1 aliphatic heterocycles. The zero-order valence-corrected chi connectivity index (χ0v) is 12.5. The third kappa shape index (κ3) is 3.69. The Balaban J connectivity index is 1.78. The fourth-order valence-electron chi connectivity index (χ4n) is 3.59. The maximum Gasteiger partial charge on any atom is 0.0113 e. The second-order valence-corrected chi connectivity index (χ2v) is 6.24. The minimum atomic E-state index is 0.716. The first kappa shape index (κ1) is 14.3. The Morgan fingerprint density at radius 1 is 1.11 bits per heavy atom. The lowest BCUT2D eigenvalue weighted by atomic mass is 9.89. The SMILES string of the molecule is CCN[C@H]1CCC[C@@H](N2CCN(C(C)C)CC2)C1. The fraction of sp³-hybridized carbons (Fsp3) is 1.00. The van der Waals surface area contributed by atoms with Crippen LogP contribution in [0.3, 0.4) is 0 Å². The molecule has 0 amide bonds. The van der Waals surface area contributed by atoms with Crippen LogP contribution in [0, 0.1) is 0 Å². The normalized spacial score (nSPS) is 32.0. The standard InChI is InChI=1S/C15H31N3/c1-4-16-14-6-5-7-15(12-14)18-10-8-17(9-11-18)13(2)3/h13-16H,4-12H2,1-3H3/t14-,15+/m0/s1. The van der Waals surface area contributed by atoms with E-state index < -0.39 is 0 Å². The molecule has 0 aromatic rings. The summed E-state index contributed by atoms with van der Waals surface area (Å²) >= 11 is 0. The molecule has 0 aromatic carbocycles. The summed E-state index contributed by atoms with van der Waals surface area (Å²) in [4.78, 5) is 5.36. The molecule has 0 bridgehead atoms. The smallest absolute Gasteiger partial charge is 0.0113 e. The Labute approximate surface area is 113 Å². The quantitative estimate of drug-likeness (QED) is 0.826. The Bertz CT molecular complexity index is 232. The lowest BCUT2D eigenvalue weighted by molar-refractivity contribution is 0.0587. The summed E-state index contributed by atoms with van der Waals surface area (Å²) in [7, 11) is 0. The molecule has 1 heterocycles. The monoisotopic (exact) mass is 253 g/mol. The van der Waals surface area contributed by atoms with Crippen LogP contribution in [0.4, 0.5) is 0 Å². The molecular weight excluding hydrogens is 222 g/mol. The van der Waals surface area contributed by atoms with Gasteiger partial charge >= 0.3 is 0 Å². The molecule has 1 saturated heterocycles. The third-order valence-electron chi connectivity index (χ3n) is 4.73. The molecule has 3 heteroatoms. The Hall–Kier alpha value is -0.120. The van der Waals surface area contributed by atoms with Crippen molar-refractivity contribution in [2.75, 3.05) is 32.7 Å². The lowest BCUT2D eigenvalue weighted by Gasteiger charge is -2.43. The average molecular weight is 253 g/mol. The van der Waals surface area contributed by atoms with E-state index in [0.29, 0.717) is 6.04 Å². The van der Waals surface area contributed by atoms with Crippen molar-refractivity contribution in [3.63, 3.8) is 0 Å². The van der Waals surface area contributed by atoms with E-state index in [1.165, 1.54) is 51.9 Å². The summed E-state index contributed by atoms with van der Waals surface area (Å²) in [6.45, 7) is 13.1.